The van der Waals surface area contributed by atoms with Crippen molar-refractivity contribution in [2.75, 3.05) is 13.7 Å². The summed E-state index contributed by atoms with van der Waals surface area (Å²) in [7, 11) is 1.49. The van der Waals surface area contributed by atoms with Crippen molar-refractivity contribution in [2.45, 2.75) is 31.7 Å². The molecule has 0 aromatic carbocycles. The first kappa shape index (κ1) is 11.2. The van der Waals surface area contributed by atoms with Crippen molar-refractivity contribution in [3.8, 4) is 0 Å². The van der Waals surface area contributed by atoms with E-state index < -0.39 is 0 Å². The molecule has 2 saturated carbocycles. The highest BCUT2D eigenvalue weighted by Gasteiger charge is 2.71. The lowest BCUT2D eigenvalue weighted by Gasteiger charge is -2.19. The minimum Gasteiger partial charge on any atom is -0.468 e. The number of esters is 1. The van der Waals surface area contributed by atoms with Crippen molar-refractivity contribution in [1.82, 2.24) is 5.32 Å². The molecule has 0 bridgehead atoms. The fourth-order valence-corrected chi connectivity index (χ4v) is 3.98. The van der Waals surface area contributed by atoms with Crippen LogP contribution in [0.4, 0.5) is 0 Å². The molecule has 3 atom stereocenters. The van der Waals surface area contributed by atoms with Gasteiger partial charge in [0.1, 0.15) is 6.04 Å². The van der Waals surface area contributed by atoms with Gasteiger partial charge in [-0.25, -0.2) is 0 Å². The van der Waals surface area contributed by atoms with Crippen molar-refractivity contribution in [3.63, 3.8) is 0 Å². The molecule has 1 heterocycles. The first-order valence-electron chi connectivity index (χ1n) is 5.61. The highest BCUT2D eigenvalue weighted by atomic mass is 35.5. The number of halogens is 1. The summed E-state index contributed by atoms with van der Waals surface area (Å²) < 4.78 is 4.83. The third kappa shape index (κ3) is 1.32. The average Bonchev–Trinajstić information content (AvgIpc) is 2.65. The van der Waals surface area contributed by atoms with Gasteiger partial charge in [-0.2, -0.15) is 0 Å². The van der Waals surface area contributed by atoms with Crippen LogP contribution >= 0.6 is 12.4 Å². The second kappa shape index (κ2) is 3.63. The Kier molecular flexibility index (Phi) is 2.72. The molecular formula is C11H18ClNO2. The van der Waals surface area contributed by atoms with Crippen LogP contribution in [0.1, 0.15) is 25.7 Å². The van der Waals surface area contributed by atoms with Gasteiger partial charge in [0, 0.05) is 0 Å². The Balaban J connectivity index is 0.000000853. The quantitative estimate of drug-likeness (QED) is 0.693. The van der Waals surface area contributed by atoms with Crippen molar-refractivity contribution < 1.29 is 9.53 Å². The van der Waals surface area contributed by atoms with Gasteiger partial charge in [-0.3, -0.25) is 4.79 Å². The largest absolute Gasteiger partial charge is 0.468 e. The summed E-state index contributed by atoms with van der Waals surface area (Å²) in [6.07, 6.45) is 5.41. The van der Waals surface area contributed by atoms with Gasteiger partial charge in [0.25, 0.3) is 0 Å². The van der Waals surface area contributed by atoms with E-state index in [4.69, 9.17) is 4.74 Å². The van der Waals surface area contributed by atoms with E-state index in [1.54, 1.807) is 0 Å². The Hall–Kier alpha value is -0.280. The number of ether oxygens (including phenoxy) is 1. The Bertz CT molecular complexity index is 276. The summed E-state index contributed by atoms with van der Waals surface area (Å²) >= 11 is 0. The maximum Gasteiger partial charge on any atom is 0.323 e. The zero-order valence-electron chi connectivity index (χ0n) is 8.99. The van der Waals surface area contributed by atoms with E-state index in [1.165, 1.54) is 32.8 Å². The van der Waals surface area contributed by atoms with Gasteiger partial charge >= 0.3 is 5.97 Å². The molecule has 0 radical (unpaired) electrons. The Morgan fingerprint density at radius 3 is 2.67 bits per heavy atom. The first-order chi connectivity index (χ1) is 6.79. The highest BCUT2D eigenvalue weighted by Crippen LogP contribution is 2.70. The number of carbonyl (C=O) groups is 1. The fraction of sp³-hybridized carbons (Fsp3) is 0.909. The summed E-state index contributed by atoms with van der Waals surface area (Å²) in [6.45, 7) is 1.03. The minimum absolute atomic E-state index is 0. The molecular weight excluding hydrogens is 214 g/mol. The SMILES string of the molecule is COC(=O)[C@H]1NC[C@H]2[C@@H]1C21CCCC1.Cl. The van der Waals surface area contributed by atoms with E-state index in [0.717, 1.165) is 12.5 Å². The number of hydrogen-bond acceptors (Lipinski definition) is 3. The molecule has 3 nitrogen and oxygen atoms in total. The third-order valence-corrected chi connectivity index (χ3v) is 4.63. The summed E-state index contributed by atoms with van der Waals surface area (Å²) in [5.74, 6) is 1.31. The zero-order chi connectivity index (χ0) is 9.76. The van der Waals surface area contributed by atoms with Gasteiger partial charge in [0.15, 0.2) is 0 Å². The lowest BCUT2D eigenvalue weighted by Crippen LogP contribution is -2.38. The first-order valence-corrected chi connectivity index (χ1v) is 5.61. The number of fused-ring (bicyclic) bond motifs is 3. The Morgan fingerprint density at radius 2 is 2.07 bits per heavy atom. The summed E-state index contributed by atoms with van der Waals surface area (Å²) in [6, 6.07) is 0.00287. The summed E-state index contributed by atoms with van der Waals surface area (Å²) in [5, 5.41) is 3.28. The smallest absolute Gasteiger partial charge is 0.323 e. The van der Waals surface area contributed by atoms with E-state index >= 15 is 0 Å². The molecule has 1 aliphatic heterocycles. The third-order valence-electron chi connectivity index (χ3n) is 4.63. The van der Waals surface area contributed by atoms with Crippen LogP contribution in [0.25, 0.3) is 0 Å². The lowest BCUT2D eigenvalue weighted by atomic mass is 9.95. The molecule has 1 saturated heterocycles. The highest BCUT2D eigenvalue weighted by molar-refractivity contribution is 5.85. The van der Waals surface area contributed by atoms with Crippen LogP contribution < -0.4 is 5.32 Å². The molecule has 3 fully saturated rings. The molecule has 86 valence electrons. The van der Waals surface area contributed by atoms with Crippen LogP contribution in [0.15, 0.2) is 0 Å². The molecule has 1 N–H and O–H groups in total. The van der Waals surface area contributed by atoms with Crippen LogP contribution in [0.3, 0.4) is 0 Å². The Labute approximate surface area is 96.3 Å². The van der Waals surface area contributed by atoms with Crippen molar-refractivity contribution in [3.05, 3.63) is 0 Å². The van der Waals surface area contributed by atoms with Crippen molar-refractivity contribution in [1.29, 1.82) is 0 Å². The van der Waals surface area contributed by atoms with Gasteiger partial charge in [-0.05, 0) is 36.6 Å². The number of piperidine rings is 1. The normalized spacial score (nSPS) is 39.7. The Morgan fingerprint density at radius 1 is 1.40 bits per heavy atom. The zero-order valence-corrected chi connectivity index (χ0v) is 9.81. The second-order valence-electron chi connectivity index (χ2n) is 4.98. The summed E-state index contributed by atoms with van der Waals surface area (Å²) in [4.78, 5) is 11.5. The monoisotopic (exact) mass is 231 g/mol. The van der Waals surface area contributed by atoms with Crippen LogP contribution in [-0.4, -0.2) is 25.7 Å². The molecule has 0 aromatic heterocycles. The van der Waals surface area contributed by atoms with Gasteiger partial charge in [0.2, 0.25) is 0 Å². The van der Waals surface area contributed by atoms with Crippen LogP contribution in [0, 0.1) is 17.3 Å². The molecule has 1 spiro atoms. The van der Waals surface area contributed by atoms with Crippen LogP contribution in [-0.2, 0) is 9.53 Å². The number of hydrogen-bond donors (Lipinski definition) is 1. The molecule has 0 aromatic rings. The molecule has 15 heavy (non-hydrogen) atoms. The van der Waals surface area contributed by atoms with Gasteiger partial charge < -0.3 is 10.1 Å². The number of nitrogens with one attached hydrogen (secondary N) is 1. The minimum atomic E-state index is -0.0544. The van der Waals surface area contributed by atoms with E-state index in [0.29, 0.717) is 11.3 Å². The van der Waals surface area contributed by atoms with Gasteiger partial charge in [-0.15, -0.1) is 12.4 Å². The van der Waals surface area contributed by atoms with Crippen molar-refractivity contribution >= 4 is 18.4 Å². The van der Waals surface area contributed by atoms with Gasteiger partial charge in [-0.1, -0.05) is 12.8 Å². The topological polar surface area (TPSA) is 38.3 Å². The number of carbonyl (C=O) groups excluding carboxylic acids is 1. The predicted octanol–water partition coefficient (Wildman–Crippen LogP) is 1.36. The molecule has 4 heteroatoms. The predicted molar refractivity (Wildman–Crippen MR) is 58.9 cm³/mol. The standard InChI is InChI=1S/C11H17NO2.ClH/c1-14-10(13)9-8-7(6-12-9)11(8)4-2-3-5-11;/h7-9,12H,2-6H2,1H3;1H/t7-,8-,9-;/m0./s1. The molecule has 0 unspecified atom stereocenters. The van der Waals surface area contributed by atoms with Crippen molar-refractivity contribution in [2.24, 2.45) is 17.3 Å². The maximum absolute atomic E-state index is 11.5. The van der Waals surface area contributed by atoms with Gasteiger partial charge in [0.05, 0.1) is 7.11 Å². The fourth-order valence-electron chi connectivity index (χ4n) is 3.98. The second-order valence-corrected chi connectivity index (χ2v) is 4.98. The van der Waals surface area contributed by atoms with E-state index in [1.807, 2.05) is 0 Å². The van der Waals surface area contributed by atoms with E-state index in [2.05, 4.69) is 5.32 Å². The summed E-state index contributed by atoms with van der Waals surface area (Å²) in [5.41, 5.74) is 0.546. The molecule has 3 aliphatic rings. The molecule has 0 amide bonds. The lowest BCUT2D eigenvalue weighted by molar-refractivity contribution is -0.143. The van der Waals surface area contributed by atoms with Crippen LogP contribution in [0.5, 0.6) is 0 Å². The average molecular weight is 232 g/mol. The number of rotatable bonds is 1. The van der Waals surface area contributed by atoms with Crippen LogP contribution in [0.2, 0.25) is 0 Å². The maximum atomic E-state index is 11.5. The van der Waals surface area contributed by atoms with E-state index in [9.17, 15) is 4.79 Å². The molecule has 2 aliphatic carbocycles. The molecule has 3 rings (SSSR count). The number of methoxy groups -OCH3 is 1. The van der Waals surface area contributed by atoms with E-state index in [-0.39, 0.29) is 24.4 Å².